The van der Waals surface area contributed by atoms with Gasteiger partial charge in [0.15, 0.2) is 0 Å². The fourth-order valence-electron chi connectivity index (χ4n) is 0.677. The minimum Gasteiger partial charge on any atom is -0.412 e. The summed E-state index contributed by atoms with van der Waals surface area (Å²) < 4.78 is 0. The van der Waals surface area contributed by atoms with Gasteiger partial charge in [-0.2, -0.15) is 0 Å². The molecule has 0 bridgehead atoms. The maximum absolute atomic E-state index is 2.25. The van der Waals surface area contributed by atoms with E-state index >= 15 is 0 Å². The van der Waals surface area contributed by atoms with E-state index in [9.17, 15) is 0 Å². The predicted molar refractivity (Wildman–Crippen MR) is 38.0 cm³/mol. The standard InChI is InChI=1S/C7H16.H2O/c1-3-5-7-6-4-2;/h3-7H2,1-2H3;1H2. The second-order valence-electron chi connectivity index (χ2n) is 2.06. The Bertz CT molecular complexity index is 23.6. The summed E-state index contributed by atoms with van der Waals surface area (Å²) in [4.78, 5) is 0. The summed E-state index contributed by atoms with van der Waals surface area (Å²) in [5.74, 6) is 0. The van der Waals surface area contributed by atoms with Gasteiger partial charge in [0.05, 0.1) is 0 Å². The number of rotatable bonds is 4. The van der Waals surface area contributed by atoms with Crippen molar-refractivity contribution in [2.75, 3.05) is 0 Å². The molecule has 0 amide bonds. The number of hydrogen-bond donors (Lipinski definition) is 0. The van der Waals surface area contributed by atoms with E-state index in [1.807, 2.05) is 0 Å². The first-order valence-electron chi connectivity index (χ1n) is 3.41. The van der Waals surface area contributed by atoms with E-state index in [0.717, 1.165) is 0 Å². The minimum absolute atomic E-state index is 0. The van der Waals surface area contributed by atoms with Crippen molar-refractivity contribution >= 4 is 0 Å². The van der Waals surface area contributed by atoms with Crippen LogP contribution in [-0.4, -0.2) is 5.48 Å². The maximum atomic E-state index is 2.25. The van der Waals surface area contributed by atoms with Crippen LogP contribution in [0, 0.1) is 0 Å². The van der Waals surface area contributed by atoms with Gasteiger partial charge < -0.3 is 5.48 Å². The third-order valence-electron chi connectivity index (χ3n) is 1.21. The zero-order valence-electron chi connectivity index (χ0n) is 6.04. The van der Waals surface area contributed by atoms with Gasteiger partial charge in [0.1, 0.15) is 0 Å². The molecule has 0 atom stereocenters. The van der Waals surface area contributed by atoms with E-state index in [-0.39, 0.29) is 5.48 Å². The third-order valence-corrected chi connectivity index (χ3v) is 1.21. The van der Waals surface area contributed by atoms with Crippen molar-refractivity contribution in [1.29, 1.82) is 0 Å². The molecule has 52 valence electrons. The van der Waals surface area contributed by atoms with E-state index in [4.69, 9.17) is 0 Å². The molecule has 1 nitrogen and oxygen atoms in total. The van der Waals surface area contributed by atoms with Crippen molar-refractivity contribution in [2.45, 2.75) is 46.0 Å². The van der Waals surface area contributed by atoms with Gasteiger partial charge in [-0.3, -0.25) is 0 Å². The number of hydrogen-bond acceptors (Lipinski definition) is 0. The van der Waals surface area contributed by atoms with Gasteiger partial charge in [-0.1, -0.05) is 46.0 Å². The fraction of sp³-hybridized carbons (Fsp3) is 1.00. The molecule has 0 aliphatic rings. The van der Waals surface area contributed by atoms with Crippen LogP contribution in [-0.2, 0) is 0 Å². The molecule has 0 aromatic carbocycles. The lowest BCUT2D eigenvalue weighted by Crippen LogP contribution is -1.70. The van der Waals surface area contributed by atoms with Crippen LogP contribution >= 0.6 is 0 Å². The molecule has 0 saturated carbocycles. The van der Waals surface area contributed by atoms with E-state index in [0.29, 0.717) is 0 Å². The maximum Gasteiger partial charge on any atom is -0.0533 e. The Morgan fingerprint density at radius 2 is 1.12 bits per heavy atom. The van der Waals surface area contributed by atoms with Crippen LogP contribution in [0.3, 0.4) is 0 Å². The molecule has 0 spiro atoms. The summed E-state index contributed by atoms with van der Waals surface area (Å²) in [6.07, 6.45) is 7.01. The van der Waals surface area contributed by atoms with E-state index < -0.39 is 0 Å². The van der Waals surface area contributed by atoms with Crippen molar-refractivity contribution in [1.82, 2.24) is 0 Å². The first-order valence-corrected chi connectivity index (χ1v) is 3.41. The molecule has 0 fully saturated rings. The summed E-state index contributed by atoms with van der Waals surface area (Å²) in [5, 5.41) is 0. The Hall–Kier alpha value is -0.0400. The molecule has 0 aliphatic carbocycles. The topological polar surface area (TPSA) is 31.5 Å². The molecule has 8 heavy (non-hydrogen) atoms. The van der Waals surface area contributed by atoms with Crippen LogP contribution in [0.4, 0.5) is 0 Å². The molecule has 0 unspecified atom stereocenters. The average molecular weight is 118 g/mol. The first-order chi connectivity index (χ1) is 3.41. The first kappa shape index (κ1) is 10.9. The van der Waals surface area contributed by atoms with E-state index in [1.54, 1.807) is 0 Å². The summed E-state index contributed by atoms with van der Waals surface area (Å²) in [6.45, 7) is 4.49. The summed E-state index contributed by atoms with van der Waals surface area (Å²) in [7, 11) is 0. The van der Waals surface area contributed by atoms with Gasteiger partial charge in [0, 0.05) is 0 Å². The summed E-state index contributed by atoms with van der Waals surface area (Å²) in [6, 6.07) is 0. The molecule has 0 aliphatic heterocycles. The lowest BCUT2D eigenvalue weighted by Gasteiger charge is -1.90. The molecule has 0 heterocycles. The number of unbranched alkanes of at least 4 members (excludes halogenated alkanes) is 4. The second kappa shape index (κ2) is 10.0. The van der Waals surface area contributed by atoms with Crippen LogP contribution in [0.2, 0.25) is 0 Å². The Morgan fingerprint density at radius 3 is 1.38 bits per heavy atom. The van der Waals surface area contributed by atoms with Crippen LogP contribution in [0.5, 0.6) is 0 Å². The molecular formula is C7H18O. The van der Waals surface area contributed by atoms with E-state index in [2.05, 4.69) is 13.8 Å². The molecule has 2 N–H and O–H groups in total. The van der Waals surface area contributed by atoms with Gasteiger partial charge >= 0.3 is 0 Å². The van der Waals surface area contributed by atoms with Gasteiger partial charge in [0.2, 0.25) is 0 Å². The van der Waals surface area contributed by atoms with Crippen molar-refractivity contribution in [3.8, 4) is 0 Å². The molecule has 0 aromatic rings. The van der Waals surface area contributed by atoms with Gasteiger partial charge in [-0.15, -0.1) is 0 Å². The molecule has 0 radical (unpaired) electrons. The Kier molecular flexibility index (Phi) is 13.6. The summed E-state index contributed by atoms with van der Waals surface area (Å²) >= 11 is 0. The van der Waals surface area contributed by atoms with Gasteiger partial charge in [0.25, 0.3) is 0 Å². The SMILES string of the molecule is CCCCCCC.O. The minimum atomic E-state index is 0. The Labute approximate surface area is 52.4 Å². The van der Waals surface area contributed by atoms with Gasteiger partial charge in [-0.25, -0.2) is 0 Å². The molecule has 0 rings (SSSR count). The fourth-order valence-corrected chi connectivity index (χ4v) is 0.677. The quantitative estimate of drug-likeness (QED) is 0.506. The molecule has 1 heteroatoms. The predicted octanol–water partition coefficient (Wildman–Crippen LogP) is 2.15. The second-order valence-corrected chi connectivity index (χ2v) is 2.06. The highest BCUT2D eigenvalue weighted by Gasteiger charge is 1.80. The third kappa shape index (κ3) is 9.35. The highest BCUT2D eigenvalue weighted by atomic mass is 16.0. The molecular weight excluding hydrogens is 100 g/mol. The monoisotopic (exact) mass is 118 g/mol. The van der Waals surface area contributed by atoms with Crippen LogP contribution < -0.4 is 0 Å². The van der Waals surface area contributed by atoms with E-state index in [1.165, 1.54) is 32.1 Å². The smallest absolute Gasteiger partial charge is 0.0533 e. The Balaban J connectivity index is 0. The Morgan fingerprint density at radius 1 is 0.750 bits per heavy atom. The largest absolute Gasteiger partial charge is 0.412 e. The molecule has 0 saturated heterocycles. The highest BCUT2D eigenvalue weighted by molar-refractivity contribution is 4.35. The van der Waals surface area contributed by atoms with Crippen LogP contribution in [0.1, 0.15) is 46.0 Å². The lowest BCUT2D eigenvalue weighted by atomic mass is 10.2. The zero-order chi connectivity index (χ0) is 5.54. The summed E-state index contributed by atoms with van der Waals surface area (Å²) in [5.41, 5.74) is 0. The zero-order valence-corrected chi connectivity index (χ0v) is 6.04. The highest BCUT2D eigenvalue weighted by Crippen LogP contribution is 2.00. The van der Waals surface area contributed by atoms with Crippen LogP contribution in [0.25, 0.3) is 0 Å². The van der Waals surface area contributed by atoms with Crippen molar-refractivity contribution in [2.24, 2.45) is 0 Å². The van der Waals surface area contributed by atoms with Crippen molar-refractivity contribution < 1.29 is 5.48 Å². The average Bonchev–Trinajstić information content (AvgIpc) is 1.69. The lowest BCUT2D eigenvalue weighted by molar-refractivity contribution is 0.656. The van der Waals surface area contributed by atoms with Crippen LogP contribution in [0.15, 0.2) is 0 Å². The molecule has 0 aromatic heterocycles. The van der Waals surface area contributed by atoms with Gasteiger partial charge in [-0.05, 0) is 0 Å². The van der Waals surface area contributed by atoms with Crippen molar-refractivity contribution in [3.05, 3.63) is 0 Å². The van der Waals surface area contributed by atoms with Crippen molar-refractivity contribution in [3.63, 3.8) is 0 Å². The normalized spacial score (nSPS) is 8.25.